The van der Waals surface area contributed by atoms with Crippen LogP contribution in [0.5, 0.6) is 5.75 Å². The van der Waals surface area contributed by atoms with Gasteiger partial charge in [-0.15, -0.1) is 0 Å². The second kappa shape index (κ2) is 13.1. The molecule has 4 aromatic rings. The molecule has 1 aromatic heterocycles. The molecule has 0 bridgehead atoms. The summed E-state index contributed by atoms with van der Waals surface area (Å²) >= 11 is 0. The van der Waals surface area contributed by atoms with Crippen LogP contribution in [-0.4, -0.2) is 56.8 Å². The largest absolute Gasteiger partial charge is 0.489 e. The fourth-order valence-electron chi connectivity index (χ4n) is 5.53. The number of amides is 1. The molecule has 2 atom stereocenters. The maximum atomic E-state index is 13.8. The predicted octanol–water partition coefficient (Wildman–Crippen LogP) is 7.85. The number of ether oxygens (including phenoxy) is 1. The highest BCUT2D eigenvalue weighted by molar-refractivity contribution is 6.74. The van der Waals surface area contributed by atoms with E-state index in [-0.39, 0.29) is 29.5 Å². The number of carbonyl (C=O) groups is 1. The van der Waals surface area contributed by atoms with E-state index in [2.05, 4.69) is 63.0 Å². The van der Waals surface area contributed by atoms with Crippen molar-refractivity contribution in [2.24, 2.45) is 0 Å². The Morgan fingerprint density at radius 3 is 2.56 bits per heavy atom. The summed E-state index contributed by atoms with van der Waals surface area (Å²) in [6.07, 6.45) is 3.17. The van der Waals surface area contributed by atoms with Crippen molar-refractivity contribution in [1.29, 1.82) is 0 Å². The molecular formula is C36H46N2O4Si. The third-order valence-electron chi connectivity index (χ3n) is 9.18. The van der Waals surface area contributed by atoms with Crippen LogP contribution < -0.4 is 4.74 Å². The number of carbonyl (C=O) groups excluding carboxylic acids is 1. The van der Waals surface area contributed by atoms with E-state index in [4.69, 9.17) is 13.6 Å². The smallest absolute Gasteiger partial charge is 0.230 e. The Labute approximate surface area is 257 Å². The van der Waals surface area contributed by atoms with Crippen molar-refractivity contribution in [3.63, 3.8) is 0 Å². The Kier molecular flexibility index (Phi) is 9.44. The van der Waals surface area contributed by atoms with Gasteiger partial charge in [0.1, 0.15) is 18.1 Å². The van der Waals surface area contributed by atoms with Crippen molar-refractivity contribution in [2.75, 3.05) is 26.7 Å². The number of nitrogens with zero attached hydrogens (tertiary/aromatic N) is 2. The fraction of sp³-hybridized carbons (Fsp3) is 0.417. The molecule has 0 saturated carbocycles. The number of likely N-dealkylation sites (N-methyl/N-ethyl adjacent to an activating group) is 1. The van der Waals surface area contributed by atoms with Gasteiger partial charge in [0.05, 0.1) is 24.8 Å². The van der Waals surface area contributed by atoms with Crippen LogP contribution in [0, 0.1) is 0 Å². The zero-order valence-electron chi connectivity index (χ0n) is 26.5. The van der Waals surface area contributed by atoms with Crippen LogP contribution in [0.3, 0.4) is 0 Å². The minimum absolute atomic E-state index is 0.0222. The highest BCUT2D eigenvalue weighted by atomic mass is 28.4. The zero-order chi connectivity index (χ0) is 30.6. The Hall–Kier alpha value is -3.39. The topological polar surface area (TPSA) is 55.2 Å². The zero-order valence-corrected chi connectivity index (χ0v) is 27.5. The first-order valence-corrected chi connectivity index (χ1v) is 18.3. The summed E-state index contributed by atoms with van der Waals surface area (Å²) in [5.41, 5.74) is 2.17. The van der Waals surface area contributed by atoms with Crippen LogP contribution in [0.15, 0.2) is 89.5 Å². The summed E-state index contributed by atoms with van der Waals surface area (Å²) in [6, 6.07) is 26.2. The molecule has 0 spiro atoms. The lowest BCUT2D eigenvalue weighted by Crippen LogP contribution is -2.45. The minimum Gasteiger partial charge on any atom is -0.489 e. The van der Waals surface area contributed by atoms with Gasteiger partial charge in [-0.25, -0.2) is 0 Å². The fourth-order valence-corrected chi connectivity index (χ4v) is 6.90. The summed E-state index contributed by atoms with van der Waals surface area (Å²) < 4.78 is 18.8. The summed E-state index contributed by atoms with van der Waals surface area (Å²) in [4.78, 5) is 18.1. The summed E-state index contributed by atoms with van der Waals surface area (Å²) in [6.45, 7) is 14.6. The number of furan rings is 1. The van der Waals surface area contributed by atoms with Gasteiger partial charge in [0, 0.05) is 37.5 Å². The molecule has 1 aliphatic heterocycles. The van der Waals surface area contributed by atoms with Gasteiger partial charge in [-0.05, 0) is 47.8 Å². The van der Waals surface area contributed by atoms with E-state index < -0.39 is 8.32 Å². The monoisotopic (exact) mass is 598 g/mol. The molecule has 6 nitrogen and oxygen atoms in total. The van der Waals surface area contributed by atoms with Crippen molar-refractivity contribution in [3.8, 4) is 5.75 Å². The Bertz CT molecular complexity index is 1510. The van der Waals surface area contributed by atoms with Crippen molar-refractivity contribution >= 4 is 25.0 Å². The molecule has 3 aromatic carbocycles. The number of likely N-dealkylation sites (tertiary alicyclic amines) is 1. The lowest BCUT2D eigenvalue weighted by atomic mass is 10.0. The van der Waals surface area contributed by atoms with Gasteiger partial charge in [0.2, 0.25) is 5.91 Å². The van der Waals surface area contributed by atoms with Crippen LogP contribution >= 0.6 is 0 Å². The van der Waals surface area contributed by atoms with E-state index in [1.807, 2.05) is 66.5 Å². The molecule has 7 heteroatoms. The summed E-state index contributed by atoms with van der Waals surface area (Å²) in [5, 5.41) is 2.17. The Morgan fingerprint density at radius 2 is 1.79 bits per heavy atom. The highest BCUT2D eigenvalue weighted by Crippen LogP contribution is 2.38. The average molecular weight is 599 g/mol. The van der Waals surface area contributed by atoms with E-state index in [0.717, 1.165) is 53.7 Å². The van der Waals surface area contributed by atoms with Crippen LogP contribution in [-0.2, 0) is 22.2 Å². The van der Waals surface area contributed by atoms with Gasteiger partial charge in [-0.1, -0.05) is 87.5 Å². The lowest BCUT2D eigenvalue weighted by molar-refractivity contribution is -0.132. The molecule has 228 valence electrons. The maximum Gasteiger partial charge on any atom is 0.230 e. The van der Waals surface area contributed by atoms with Gasteiger partial charge in [-0.3, -0.25) is 9.69 Å². The minimum atomic E-state index is -1.87. The number of rotatable bonds is 11. The van der Waals surface area contributed by atoms with E-state index >= 15 is 0 Å². The van der Waals surface area contributed by atoms with Gasteiger partial charge < -0.3 is 18.5 Å². The molecule has 43 heavy (non-hydrogen) atoms. The van der Waals surface area contributed by atoms with Crippen molar-refractivity contribution in [3.05, 3.63) is 102 Å². The van der Waals surface area contributed by atoms with Gasteiger partial charge in [0.25, 0.3) is 0 Å². The molecule has 0 radical (unpaired) electrons. The van der Waals surface area contributed by atoms with Crippen LogP contribution in [0.1, 0.15) is 50.1 Å². The molecular weight excluding hydrogens is 552 g/mol. The van der Waals surface area contributed by atoms with E-state index in [0.29, 0.717) is 12.4 Å². The molecule has 5 rings (SSSR count). The third-order valence-corrected chi connectivity index (χ3v) is 13.7. The van der Waals surface area contributed by atoms with Crippen molar-refractivity contribution in [2.45, 2.75) is 70.5 Å². The molecule has 1 fully saturated rings. The normalized spacial score (nSPS) is 16.8. The summed E-state index contributed by atoms with van der Waals surface area (Å²) in [5.74, 6) is 1.52. The third kappa shape index (κ3) is 7.58. The molecule has 0 N–H and O–H groups in total. The Balaban J connectivity index is 1.34. The molecule has 1 aliphatic rings. The molecule has 0 aliphatic carbocycles. The number of fused-ring (bicyclic) bond motifs is 1. The average Bonchev–Trinajstić information content (AvgIpc) is 3.60. The van der Waals surface area contributed by atoms with Gasteiger partial charge in [0.15, 0.2) is 8.32 Å². The predicted molar refractivity (Wildman–Crippen MR) is 176 cm³/mol. The molecule has 1 amide bonds. The second-order valence-corrected chi connectivity index (χ2v) is 18.1. The molecule has 0 unspecified atom stereocenters. The van der Waals surface area contributed by atoms with Crippen LogP contribution in [0.2, 0.25) is 18.1 Å². The molecule has 1 saturated heterocycles. The molecule has 2 heterocycles. The first-order chi connectivity index (χ1) is 20.5. The maximum absolute atomic E-state index is 13.8. The first kappa shape index (κ1) is 31.0. The number of hydrogen-bond acceptors (Lipinski definition) is 5. The quantitative estimate of drug-likeness (QED) is 0.165. The Morgan fingerprint density at radius 1 is 1.05 bits per heavy atom. The lowest BCUT2D eigenvalue weighted by Gasteiger charge is -2.38. The number of hydrogen-bond donors (Lipinski definition) is 0. The first-order valence-electron chi connectivity index (χ1n) is 15.4. The van der Waals surface area contributed by atoms with Crippen LogP contribution in [0.4, 0.5) is 0 Å². The second-order valence-electron chi connectivity index (χ2n) is 13.3. The summed E-state index contributed by atoms with van der Waals surface area (Å²) in [7, 11) is 0.0469. The van der Waals surface area contributed by atoms with Crippen molar-refractivity contribution < 1.29 is 18.4 Å². The van der Waals surface area contributed by atoms with Gasteiger partial charge in [-0.2, -0.15) is 0 Å². The van der Waals surface area contributed by atoms with E-state index in [1.54, 1.807) is 6.26 Å². The standard InChI is InChI=1S/C36H46N2O4Si/c1-36(2,3)43(5,6)42-31-19-20-38(23-31)24-33(28-16-12-17-30(21-28)40-25-27-13-8-7-9-14-27)37(4)35(39)22-34-32-18-11-10-15-29(32)26-41-34/h7-18,21,26,31,33H,19-20,22-25H2,1-6H3/t31-,33-/m1/s1. The SMILES string of the molecule is CN(C(=O)Cc1occ2ccccc12)[C@H](CN1CC[C@@H](O[Si](C)(C)C(C)(C)C)C1)c1cccc(OCc2ccccc2)c1. The van der Waals surface area contributed by atoms with Gasteiger partial charge >= 0.3 is 0 Å². The van der Waals surface area contributed by atoms with Crippen LogP contribution in [0.25, 0.3) is 10.8 Å². The van der Waals surface area contributed by atoms with E-state index in [1.165, 1.54) is 0 Å². The van der Waals surface area contributed by atoms with E-state index in [9.17, 15) is 4.79 Å². The highest BCUT2D eigenvalue weighted by Gasteiger charge is 2.41. The number of benzene rings is 3. The van der Waals surface area contributed by atoms with Crippen molar-refractivity contribution in [1.82, 2.24) is 9.80 Å².